The summed E-state index contributed by atoms with van der Waals surface area (Å²) in [4.78, 5) is 24.9. The first-order valence-electron chi connectivity index (χ1n) is 5.96. The van der Waals surface area contributed by atoms with Crippen LogP contribution in [0.3, 0.4) is 0 Å². The predicted octanol–water partition coefficient (Wildman–Crippen LogP) is 2.31. The summed E-state index contributed by atoms with van der Waals surface area (Å²) >= 11 is 0. The lowest BCUT2D eigenvalue weighted by Crippen LogP contribution is -2.04. The van der Waals surface area contributed by atoms with Gasteiger partial charge in [0.2, 0.25) is 11.5 Å². The number of ketones is 1. The van der Waals surface area contributed by atoms with Crippen LogP contribution in [0.5, 0.6) is 0 Å². The van der Waals surface area contributed by atoms with Crippen molar-refractivity contribution in [2.75, 3.05) is 0 Å². The first-order chi connectivity index (χ1) is 9.56. The number of carbonyl (C=O) groups excluding carboxylic acids is 1. The van der Waals surface area contributed by atoms with Crippen molar-refractivity contribution in [1.82, 2.24) is 4.98 Å². The Morgan fingerprint density at radius 3 is 2.45 bits per heavy atom. The van der Waals surface area contributed by atoms with Crippen molar-refractivity contribution in [2.45, 2.75) is 6.42 Å². The van der Waals surface area contributed by atoms with Crippen molar-refractivity contribution < 1.29 is 19.8 Å². The molecule has 2 rings (SSSR count). The molecule has 1 aromatic heterocycles. The molecule has 0 saturated carbocycles. The molecule has 3 N–H and O–H groups in total. The summed E-state index contributed by atoms with van der Waals surface area (Å²) in [5, 5.41) is 17.5. The number of allylic oxidation sites excluding steroid dienone is 1. The van der Waals surface area contributed by atoms with E-state index >= 15 is 0 Å². The smallest absolute Gasteiger partial charge is 0.371 e. The maximum absolute atomic E-state index is 11.7. The first kappa shape index (κ1) is 13.6. The molecule has 2 aromatic rings. The molecule has 0 bridgehead atoms. The van der Waals surface area contributed by atoms with Crippen LogP contribution in [0.15, 0.2) is 54.4 Å². The Kier molecular flexibility index (Phi) is 4.00. The quantitative estimate of drug-likeness (QED) is 0.442. The number of carboxylic acid groups (broad SMARTS) is 1. The van der Waals surface area contributed by atoms with Gasteiger partial charge in [0.05, 0.1) is 5.69 Å². The van der Waals surface area contributed by atoms with Crippen molar-refractivity contribution in [3.05, 3.63) is 71.3 Å². The Balaban J connectivity index is 2.11. The summed E-state index contributed by atoms with van der Waals surface area (Å²) in [6.07, 6.45) is 3.03. The van der Waals surface area contributed by atoms with Crippen molar-refractivity contribution in [3.63, 3.8) is 0 Å². The zero-order valence-electron chi connectivity index (χ0n) is 10.5. The van der Waals surface area contributed by atoms with E-state index in [1.807, 2.05) is 30.3 Å². The van der Waals surface area contributed by atoms with Gasteiger partial charge >= 0.3 is 5.97 Å². The SMILES string of the molecule is O=C(O)/C(O)=C/C(=O)c1cc(Cc2ccccc2)c[nH]1. The molecule has 0 spiro atoms. The van der Waals surface area contributed by atoms with E-state index in [-0.39, 0.29) is 5.69 Å². The van der Waals surface area contributed by atoms with E-state index in [2.05, 4.69) is 4.98 Å². The summed E-state index contributed by atoms with van der Waals surface area (Å²) < 4.78 is 0. The summed E-state index contributed by atoms with van der Waals surface area (Å²) in [6.45, 7) is 0. The lowest BCUT2D eigenvalue weighted by molar-refractivity contribution is -0.135. The number of aromatic amines is 1. The molecule has 0 radical (unpaired) electrons. The number of aliphatic carboxylic acids is 1. The molecule has 0 aliphatic heterocycles. The van der Waals surface area contributed by atoms with Gasteiger partial charge in [-0.05, 0) is 23.6 Å². The fourth-order valence-corrected chi connectivity index (χ4v) is 1.78. The number of hydrogen-bond acceptors (Lipinski definition) is 3. The van der Waals surface area contributed by atoms with Crippen molar-refractivity contribution in [3.8, 4) is 0 Å². The van der Waals surface area contributed by atoms with Crippen LogP contribution >= 0.6 is 0 Å². The van der Waals surface area contributed by atoms with Crippen molar-refractivity contribution in [1.29, 1.82) is 0 Å². The van der Waals surface area contributed by atoms with Crippen molar-refractivity contribution >= 4 is 11.8 Å². The van der Waals surface area contributed by atoms with Crippen LogP contribution < -0.4 is 0 Å². The molecule has 102 valence electrons. The topological polar surface area (TPSA) is 90.4 Å². The van der Waals surface area contributed by atoms with Gasteiger partial charge in [0.25, 0.3) is 0 Å². The number of nitrogens with one attached hydrogen (secondary N) is 1. The second-order valence-electron chi connectivity index (χ2n) is 4.28. The minimum absolute atomic E-state index is 0.240. The van der Waals surface area contributed by atoms with Crippen LogP contribution in [-0.4, -0.2) is 26.9 Å². The van der Waals surface area contributed by atoms with Gasteiger partial charge < -0.3 is 15.2 Å². The largest absolute Gasteiger partial charge is 0.502 e. The Hall–Kier alpha value is -2.82. The fraction of sp³-hybridized carbons (Fsp3) is 0.0667. The molecule has 0 amide bonds. The minimum Gasteiger partial charge on any atom is -0.502 e. The Morgan fingerprint density at radius 1 is 1.10 bits per heavy atom. The van der Waals surface area contributed by atoms with Gasteiger partial charge in [-0.1, -0.05) is 30.3 Å². The summed E-state index contributed by atoms with van der Waals surface area (Å²) in [7, 11) is 0. The number of carboxylic acids is 1. The van der Waals surface area contributed by atoms with Crippen LogP contribution in [0.4, 0.5) is 0 Å². The highest BCUT2D eigenvalue weighted by Gasteiger charge is 2.11. The number of aliphatic hydroxyl groups excluding tert-OH is 1. The standard InChI is InChI=1S/C15H13NO4/c17-13(8-14(18)15(19)20)12-7-11(9-16-12)6-10-4-2-1-3-5-10/h1-5,7-9,16,18H,6H2,(H,19,20)/b14-8-. The van der Waals surface area contributed by atoms with E-state index in [9.17, 15) is 9.59 Å². The van der Waals surface area contributed by atoms with E-state index < -0.39 is 17.5 Å². The van der Waals surface area contributed by atoms with E-state index in [0.29, 0.717) is 12.5 Å². The van der Waals surface area contributed by atoms with Gasteiger partial charge in [0.1, 0.15) is 0 Å². The van der Waals surface area contributed by atoms with Crippen LogP contribution in [-0.2, 0) is 11.2 Å². The van der Waals surface area contributed by atoms with Gasteiger partial charge in [-0.3, -0.25) is 4.79 Å². The number of H-pyrrole nitrogens is 1. The zero-order valence-corrected chi connectivity index (χ0v) is 10.5. The number of hydrogen-bond donors (Lipinski definition) is 3. The monoisotopic (exact) mass is 271 g/mol. The number of carbonyl (C=O) groups is 2. The number of benzene rings is 1. The highest BCUT2D eigenvalue weighted by molar-refractivity contribution is 6.06. The molecule has 0 aliphatic carbocycles. The Labute approximate surface area is 115 Å². The van der Waals surface area contributed by atoms with Gasteiger partial charge in [0, 0.05) is 12.3 Å². The maximum atomic E-state index is 11.7. The highest BCUT2D eigenvalue weighted by Crippen LogP contribution is 2.11. The third kappa shape index (κ3) is 3.35. The predicted molar refractivity (Wildman–Crippen MR) is 72.7 cm³/mol. The number of aromatic nitrogens is 1. The van der Waals surface area contributed by atoms with E-state index in [1.54, 1.807) is 12.3 Å². The Morgan fingerprint density at radius 2 is 1.80 bits per heavy atom. The molecule has 0 aliphatic rings. The van der Waals surface area contributed by atoms with Crippen LogP contribution in [0.2, 0.25) is 0 Å². The molecule has 0 atom stereocenters. The number of rotatable bonds is 5. The molecule has 0 fully saturated rings. The molecular formula is C15H13NO4. The fourth-order valence-electron chi connectivity index (χ4n) is 1.78. The molecule has 0 saturated heterocycles. The third-order valence-electron chi connectivity index (χ3n) is 2.75. The lowest BCUT2D eigenvalue weighted by Gasteiger charge is -1.96. The average Bonchev–Trinajstić information content (AvgIpc) is 2.88. The van der Waals surface area contributed by atoms with E-state index in [4.69, 9.17) is 10.2 Å². The zero-order chi connectivity index (χ0) is 14.5. The molecule has 0 unspecified atom stereocenters. The van der Waals surface area contributed by atoms with E-state index in [0.717, 1.165) is 11.1 Å². The molecule has 1 heterocycles. The van der Waals surface area contributed by atoms with Gasteiger partial charge in [-0.25, -0.2) is 4.79 Å². The summed E-state index contributed by atoms with van der Waals surface area (Å²) in [5.74, 6) is -3.09. The van der Waals surface area contributed by atoms with Gasteiger partial charge in [-0.2, -0.15) is 0 Å². The molecule has 1 aromatic carbocycles. The van der Waals surface area contributed by atoms with Gasteiger partial charge in [-0.15, -0.1) is 0 Å². The summed E-state index contributed by atoms with van der Waals surface area (Å²) in [6, 6.07) is 11.4. The van der Waals surface area contributed by atoms with Gasteiger partial charge in [0.15, 0.2) is 0 Å². The second-order valence-corrected chi connectivity index (χ2v) is 4.28. The summed E-state index contributed by atoms with van der Waals surface area (Å²) in [5.41, 5.74) is 2.25. The van der Waals surface area contributed by atoms with Crippen LogP contribution in [0, 0.1) is 0 Å². The minimum atomic E-state index is -1.53. The molecule has 20 heavy (non-hydrogen) atoms. The Bertz CT molecular complexity index is 656. The number of aliphatic hydroxyl groups is 1. The lowest BCUT2D eigenvalue weighted by atomic mass is 10.1. The average molecular weight is 271 g/mol. The molecular weight excluding hydrogens is 258 g/mol. The first-order valence-corrected chi connectivity index (χ1v) is 5.96. The maximum Gasteiger partial charge on any atom is 0.371 e. The van der Waals surface area contributed by atoms with E-state index in [1.165, 1.54) is 0 Å². The molecule has 5 nitrogen and oxygen atoms in total. The van der Waals surface area contributed by atoms with Crippen LogP contribution in [0.25, 0.3) is 0 Å². The molecule has 5 heteroatoms. The normalized spacial score (nSPS) is 11.3. The second kappa shape index (κ2) is 5.88. The van der Waals surface area contributed by atoms with Crippen molar-refractivity contribution in [2.24, 2.45) is 0 Å². The van der Waals surface area contributed by atoms with Crippen LogP contribution in [0.1, 0.15) is 21.6 Å². The third-order valence-corrected chi connectivity index (χ3v) is 2.75. The highest BCUT2D eigenvalue weighted by atomic mass is 16.4.